The average Bonchev–Trinajstić information content (AvgIpc) is 3.69. The molecule has 1 N–H and O–H groups in total. The third kappa shape index (κ3) is 3.49. The highest BCUT2D eigenvalue weighted by Crippen LogP contribution is 2.60. The summed E-state index contributed by atoms with van der Waals surface area (Å²) < 4.78 is 5.94. The lowest BCUT2D eigenvalue weighted by molar-refractivity contribution is 0.0893. The molecule has 2 heterocycles. The summed E-state index contributed by atoms with van der Waals surface area (Å²) in [6.07, 6.45) is 13.2. The van der Waals surface area contributed by atoms with Gasteiger partial charge in [-0.25, -0.2) is 0 Å². The van der Waals surface area contributed by atoms with Crippen molar-refractivity contribution in [2.24, 2.45) is 11.8 Å². The molecule has 164 valence electrons. The number of hydrogen-bond acceptors (Lipinski definition) is 3. The second kappa shape index (κ2) is 7.16. The van der Waals surface area contributed by atoms with Crippen LogP contribution in [0.3, 0.4) is 0 Å². The lowest BCUT2D eigenvalue weighted by atomic mass is 9.57. The van der Waals surface area contributed by atoms with Crippen molar-refractivity contribution < 1.29 is 11.0 Å². The quantitative estimate of drug-likeness (QED) is 0.636. The maximum atomic E-state index is 13.0. The van der Waals surface area contributed by atoms with Gasteiger partial charge in [-0.05, 0) is 105 Å². The van der Waals surface area contributed by atoms with E-state index in [1.165, 1.54) is 56.9 Å². The minimum absolute atomic E-state index is 0. The second-order valence-corrected chi connectivity index (χ2v) is 10.5. The summed E-state index contributed by atoms with van der Waals surface area (Å²) >= 11 is 0. The Morgan fingerprint density at radius 3 is 2.90 bits per heavy atom. The molecule has 3 fully saturated rings. The molecular weight excluding hydrogens is 384 g/mol. The molecule has 1 aromatic carbocycles. The van der Waals surface area contributed by atoms with Crippen LogP contribution in [0.25, 0.3) is 0 Å². The second-order valence-electron chi connectivity index (χ2n) is 10.5. The van der Waals surface area contributed by atoms with E-state index < -0.39 is 0 Å². The van der Waals surface area contributed by atoms with Crippen molar-refractivity contribution in [2.45, 2.75) is 75.7 Å². The Morgan fingerprint density at radius 2 is 2.13 bits per heavy atom. The molecule has 0 bridgehead atoms. The number of hydrogen-bond donors (Lipinski definition) is 1. The Labute approximate surface area is 186 Å². The van der Waals surface area contributed by atoms with Crippen molar-refractivity contribution >= 4 is 11.6 Å². The van der Waals surface area contributed by atoms with E-state index in [-0.39, 0.29) is 12.9 Å². The zero-order valence-corrected chi connectivity index (χ0v) is 18.5. The minimum atomic E-state index is -0.0371. The number of pyridine rings is 1. The van der Waals surface area contributed by atoms with Gasteiger partial charge in [-0.15, -0.1) is 0 Å². The lowest BCUT2D eigenvalue weighted by Crippen LogP contribution is -2.43. The summed E-state index contributed by atoms with van der Waals surface area (Å²) in [4.78, 5) is 17.3. The molecule has 3 atom stereocenters. The number of benzene rings is 1. The Balaban J connectivity index is 0.00000216. The number of amides is 1. The van der Waals surface area contributed by atoms with Crippen LogP contribution in [0.1, 0.15) is 80.0 Å². The maximum absolute atomic E-state index is 13.0. The molecule has 1 amide bonds. The maximum Gasteiger partial charge on any atom is 0.255 e. The molecule has 31 heavy (non-hydrogen) atoms. The molecule has 2 aromatic rings. The SMILES string of the molecule is Cc1ncccc1NC(=O)c1ccc2c(c1)CCC[C@H]1C[C@]3(CC[C@@]21CC1CC1)CO3.[HH]. The Hall–Kier alpha value is -2.20. The van der Waals surface area contributed by atoms with E-state index in [1.54, 1.807) is 11.8 Å². The molecule has 4 aliphatic rings. The van der Waals surface area contributed by atoms with E-state index in [1.807, 2.05) is 19.1 Å². The van der Waals surface area contributed by atoms with Crippen LogP contribution in [0.15, 0.2) is 36.5 Å². The van der Waals surface area contributed by atoms with Gasteiger partial charge in [-0.2, -0.15) is 0 Å². The molecule has 1 spiro atoms. The van der Waals surface area contributed by atoms with E-state index in [2.05, 4.69) is 28.5 Å². The molecule has 2 saturated carbocycles. The van der Waals surface area contributed by atoms with Gasteiger partial charge < -0.3 is 10.1 Å². The Kier molecular flexibility index (Phi) is 4.50. The van der Waals surface area contributed by atoms with E-state index >= 15 is 0 Å². The monoisotopic (exact) mass is 418 g/mol. The van der Waals surface area contributed by atoms with Gasteiger partial charge in [0.05, 0.1) is 23.6 Å². The van der Waals surface area contributed by atoms with Gasteiger partial charge >= 0.3 is 0 Å². The highest BCUT2D eigenvalue weighted by molar-refractivity contribution is 6.04. The van der Waals surface area contributed by atoms with Gasteiger partial charge in [-0.1, -0.05) is 18.9 Å². The molecule has 4 heteroatoms. The van der Waals surface area contributed by atoms with Crippen LogP contribution in [-0.2, 0) is 16.6 Å². The number of carbonyl (C=O) groups excluding carboxylic acids is 1. The molecule has 4 nitrogen and oxygen atoms in total. The lowest BCUT2D eigenvalue weighted by Gasteiger charge is -2.47. The summed E-state index contributed by atoms with van der Waals surface area (Å²) in [5.74, 6) is 1.59. The summed E-state index contributed by atoms with van der Waals surface area (Å²) in [5, 5.41) is 3.06. The van der Waals surface area contributed by atoms with Crippen molar-refractivity contribution in [2.75, 3.05) is 11.9 Å². The first-order chi connectivity index (χ1) is 15.1. The predicted molar refractivity (Wildman–Crippen MR) is 123 cm³/mol. The van der Waals surface area contributed by atoms with E-state index in [9.17, 15) is 4.79 Å². The Morgan fingerprint density at radius 1 is 1.26 bits per heavy atom. The average molecular weight is 419 g/mol. The van der Waals surface area contributed by atoms with Gasteiger partial charge in [0.2, 0.25) is 0 Å². The van der Waals surface area contributed by atoms with Crippen molar-refractivity contribution in [1.29, 1.82) is 0 Å². The van der Waals surface area contributed by atoms with Crippen LogP contribution in [0.5, 0.6) is 0 Å². The summed E-state index contributed by atoms with van der Waals surface area (Å²) in [6.45, 7) is 2.90. The van der Waals surface area contributed by atoms with Crippen molar-refractivity contribution in [1.82, 2.24) is 4.98 Å². The normalized spacial score (nSPS) is 31.5. The summed E-state index contributed by atoms with van der Waals surface area (Å²) in [5.41, 5.74) is 5.85. The molecule has 6 rings (SSSR count). The predicted octanol–water partition coefficient (Wildman–Crippen LogP) is 5.83. The molecular formula is C27H34N2O2. The fourth-order valence-electron chi connectivity index (χ4n) is 6.49. The molecule has 3 aliphatic carbocycles. The zero-order chi connectivity index (χ0) is 21.1. The van der Waals surface area contributed by atoms with E-state index in [4.69, 9.17) is 4.74 Å². The summed E-state index contributed by atoms with van der Waals surface area (Å²) in [7, 11) is 0. The van der Waals surface area contributed by atoms with E-state index in [0.29, 0.717) is 5.41 Å². The van der Waals surface area contributed by atoms with Crippen molar-refractivity contribution in [3.63, 3.8) is 0 Å². The topological polar surface area (TPSA) is 54.5 Å². The largest absolute Gasteiger partial charge is 0.370 e. The van der Waals surface area contributed by atoms with Crippen LogP contribution in [0, 0.1) is 18.8 Å². The van der Waals surface area contributed by atoms with Gasteiger partial charge in [0.15, 0.2) is 0 Å². The molecule has 0 radical (unpaired) electrons. The number of ether oxygens (including phenoxy) is 1. The van der Waals surface area contributed by atoms with Crippen LogP contribution in [-0.4, -0.2) is 23.1 Å². The Bertz CT molecular complexity index is 1030. The number of rotatable bonds is 4. The van der Waals surface area contributed by atoms with Crippen LogP contribution < -0.4 is 5.32 Å². The van der Waals surface area contributed by atoms with E-state index in [0.717, 1.165) is 41.8 Å². The fourth-order valence-corrected chi connectivity index (χ4v) is 6.49. The number of epoxide rings is 1. The van der Waals surface area contributed by atoms with Gasteiger partial charge in [-0.3, -0.25) is 9.78 Å². The van der Waals surface area contributed by atoms with Crippen molar-refractivity contribution in [3.8, 4) is 0 Å². The van der Waals surface area contributed by atoms with Crippen molar-refractivity contribution in [3.05, 3.63) is 58.9 Å². The van der Waals surface area contributed by atoms with Crippen LogP contribution in [0.4, 0.5) is 5.69 Å². The number of nitrogens with one attached hydrogen (secondary N) is 1. The summed E-state index contributed by atoms with van der Waals surface area (Å²) in [6, 6.07) is 10.3. The minimum Gasteiger partial charge on any atom is -0.370 e. The third-order valence-electron chi connectivity index (χ3n) is 8.49. The standard InChI is InChI=1S/C27H32N2O2.H2/c1-18-24(6-3-13-28-18)29-25(30)21-9-10-23-20(14-21)4-2-5-22-16-26(17-31-26)11-12-27(22,23)15-19-7-8-19;/h3,6,9-10,13-14,19,22H,2,4-5,7-8,11-12,15-17H2,1H3,(H,29,30);1H/t22-,26+,27-;/m0./s1. The number of nitrogens with zero attached hydrogens (tertiary/aromatic N) is 1. The van der Waals surface area contributed by atoms with Crippen LogP contribution in [0.2, 0.25) is 0 Å². The number of anilines is 1. The number of carbonyl (C=O) groups is 1. The van der Waals surface area contributed by atoms with Gasteiger partial charge in [0.1, 0.15) is 0 Å². The molecule has 1 aliphatic heterocycles. The first-order valence-electron chi connectivity index (χ1n) is 12.1. The first kappa shape index (κ1) is 19.5. The van der Waals surface area contributed by atoms with Gasteiger partial charge in [0, 0.05) is 13.2 Å². The van der Waals surface area contributed by atoms with Crippen LogP contribution >= 0.6 is 0 Å². The molecule has 1 saturated heterocycles. The molecule has 1 aromatic heterocycles. The third-order valence-corrected chi connectivity index (χ3v) is 8.49. The highest BCUT2D eigenvalue weighted by Gasteiger charge is 2.57. The smallest absolute Gasteiger partial charge is 0.255 e. The fraction of sp³-hybridized carbons (Fsp3) is 0.556. The molecule has 0 unspecified atom stereocenters. The zero-order valence-electron chi connectivity index (χ0n) is 18.5. The highest BCUT2D eigenvalue weighted by atomic mass is 16.6. The number of fused-ring (bicyclic) bond motifs is 3. The first-order valence-corrected chi connectivity index (χ1v) is 12.1. The van der Waals surface area contributed by atoms with Gasteiger partial charge in [0.25, 0.3) is 5.91 Å². The number of aryl methyl sites for hydroxylation is 2. The number of aromatic nitrogens is 1.